The molecule has 1 aliphatic rings. The number of aliphatic hydroxyl groups excluding tert-OH is 1. The van der Waals surface area contributed by atoms with Crippen LogP contribution in [-0.4, -0.2) is 43.7 Å². The van der Waals surface area contributed by atoms with Gasteiger partial charge in [-0.25, -0.2) is 18.7 Å². The Hall–Kier alpha value is -2.84. The van der Waals surface area contributed by atoms with E-state index >= 15 is 0 Å². The number of hydrogen-bond donors (Lipinski definition) is 2. The van der Waals surface area contributed by atoms with Gasteiger partial charge in [0, 0.05) is 30.7 Å². The molecule has 0 aliphatic heterocycles. The minimum absolute atomic E-state index is 0.0332. The molecular weight excluding hydrogens is 426 g/mol. The van der Waals surface area contributed by atoms with Crippen molar-refractivity contribution >= 4 is 23.2 Å². The van der Waals surface area contributed by atoms with Crippen LogP contribution >= 0.6 is 11.6 Å². The summed E-state index contributed by atoms with van der Waals surface area (Å²) >= 11 is 5.83. The molecule has 3 aromatic rings. The Bertz CT molecular complexity index is 1110. The van der Waals surface area contributed by atoms with Crippen molar-refractivity contribution in [2.75, 3.05) is 5.32 Å². The molecule has 1 fully saturated rings. The van der Waals surface area contributed by atoms with Gasteiger partial charge in [0.05, 0.1) is 22.7 Å². The van der Waals surface area contributed by atoms with E-state index in [-0.39, 0.29) is 22.2 Å². The highest BCUT2D eigenvalue weighted by atomic mass is 35.5. The summed E-state index contributed by atoms with van der Waals surface area (Å²) in [6.45, 7) is 4.15. The fourth-order valence-electron chi connectivity index (χ4n) is 3.70. The zero-order chi connectivity index (χ0) is 22.1. The molecule has 1 radical (unpaired) electrons. The molecule has 2 aromatic heterocycles. The van der Waals surface area contributed by atoms with Crippen molar-refractivity contribution in [1.29, 1.82) is 0 Å². The SMILES string of the molecule is [CH2][C@@H]1C[C@@H](Nc2ncncc2C(=O)c2ccn(Cc3ccc(F)c(Cl)c3)c2)[C@@H](F)[C@@H]1O. The first-order valence-electron chi connectivity index (χ1n) is 9.69. The van der Waals surface area contributed by atoms with E-state index < -0.39 is 30.1 Å². The topological polar surface area (TPSA) is 80.0 Å². The van der Waals surface area contributed by atoms with Gasteiger partial charge in [0.2, 0.25) is 0 Å². The Morgan fingerprint density at radius 1 is 1.39 bits per heavy atom. The highest BCUT2D eigenvalue weighted by Crippen LogP contribution is 2.31. The van der Waals surface area contributed by atoms with Crippen molar-refractivity contribution in [2.24, 2.45) is 5.92 Å². The van der Waals surface area contributed by atoms with E-state index in [1.807, 2.05) is 0 Å². The Morgan fingerprint density at radius 2 is 2.19 bits per heavy atom. The number of halogens is 3. The summed E-state index contributed by atoms with van der Waals surface area (Å²) in [5.41, 5.74) is 1.37. The lowest BCUT2D eigenvalue weighted by Gasteiger charge is -2.18. The fourth-order valence-corrected chi connectivity index (χ4v) is 3.90. The van der Waals surface area contributed by atoms with Gasteiger partial charge in [-0.2, -0.15) is 0 Å². The smallest absolute Gasteiger partial charge is 0.199 e. The molecule has 0 saturated heterocycles. The van der Waals surface area contributed by atoms with Crippen LogP contribution in [0.2, 0.25) is 5.02 Å². The molecule has 4 rings (SSSR count). The molecule has 2 N–H and O–H groups in total. The van der Waals surface area contributed by atoms with Crippen LogP contribution in [0.3, 0.4) is 0 Å². The molecule has 6 nitrogen and oxygen atoms in total. The van der Waals surface area contributed by atoms with Crippen molar-refractivity contribution in [3.8, 4) is 0 Å². The quantitative estimate of drug-likeness (QED) is 0.566. The van der Waals surface area contributed by atoms with Crippen LogP contribution in [0.5, 0.6) is 0 Å². The normalized spacial score (nSPS) is 23.1. The van der Waals surface area contributed by atoms with Crippen LogP contribution in [-0.2, 0) is 6.54 Å². The summed E-state index contributed by atoms with van der Waals surface area (Å²) in [6, 6.07) is 5.39. The number of aromatic nitrogens is 3. The summed E-state index contributed by atoms with van der Waals surface area (Å²) < 4.78 is 29.4. The maximum Gasteiger partial charge on any atom is 0.199 e. The fraction of sp³-hybridized carbons (Fsp3) is 0.273. The van der Waals surface area contributed by atoms with Crippen molar-refractivity contribution in [1.82, 2.24) is 14.5 Å². The van der Waals surface area contributed by atoms with E-state index in [4.69, 9.17) is 11.6 Å². The molecule has 0 unspecified atom stereocenters. The molecule has 0 amide bonds. The Morgan fingerprint density at radius 3 is 2.90 bits per heavy atom. The highest BCUT2D eigenvalue weighted by Gasteiger charge is 2.41. The van der Waals surface area contributed by atoms with Crippen LogP contribution in [0.15, 0.2) is 49.2 Å². The monoisotopic (exact) mass is 445 g/mol. The molecular formula is C22H20ClF2N4O2. The van der Waals surface area contributed by atoms with E-state index in [2.05, 4.69) is 22.2 Å². The molecule has 161 valence electrons. The average Bonchev–Trinajstić information content (AvgIpc) is 3.31. The summed E-state index contributed by atoms with van der Waals surface area (Å²) in [6.07, 6.45) is 3.66. The van der Waals surface area contributed by atoms with Gasteiger partial charge >= 0.3 is 0 Å². The van der Waals surface area contributed by atoms with E-state index in [0.29, 0.717) is 18.5 Å². The minimum Gasteiger partial charge on any atom is -0.390 e. The van der Waals surface area contributed by atoms with Crippen LogP contribution in [0.1, 0.15) is 27.9 Å². The maximum absolute atomic E-state index is 14.3. The number of aliphatic hydroxyl groups is 1. The highest BCUT2D eigenvalue weighted by molar-refractivity contribution is 6.30. The molecule has 31 heavy (non-hydrogen) atoms. The Kier molecular flexibility index (Phi) is 6.02. The lowest BCUT2D eigenvalue weighted by Crippen LogP contribution is -2.32. The van der Waals surface area contributed by atoms with E-state index in [0.717, 1.165) is 5.56 Å². The van der Waals surface area contributed by atoms with Gasteiger partial charge in [-0.15, -0.1) is 0 Å². The summed E-state index contributed by atoms with van der Waals surface area (Å²) in [5.74, 6) is -1.07. The molecule has 0 bridgehead atoms. The van der Waals surface area contributed by atoms with Gasteiger partial charge in [-0.1, -0.05) is 17.7 Å². The third-order valence-corrected chi connectivity index (χ3v) is 5.68. The number of benzene rings is 1. The third-order valence-electron chi connectivity index (χ3n) is 5.39. The van der Waals surface area contributed by atoms with Crippen LogP contribution in [0.4, 0.5) is 14.6 Å². The number of hydrogen-bond acceptors (Lipinski definition) is 5. The molecule has 1 aromatic carbocycles. The van der Waals surface area contributed by atoms with Crippen LogP contribution < -0.4 is 5.32 Å². The Labute approximate surface area is 182 Å². The largest absolute Gasteiger partial charge is 0.390 e. The first-order chi connectivity index (χ1) is 14.8. The van der Waals surface area contributed by atoms with Gasteiger partial charge in [-0.3, -0.25) is 4.79 Å². The number of anilines is 1. The van der Waals surface area contributed by atoms with Gasteiger partial charge < -0.3 is 15.0 Å². The van der Waals surface area contributed by atoms with E-state index in [1.54, 1.807) is 29.1 Å². The van der Waals surface area contributed by atoms with Gasteiger partial charge in [-0.05, 0) is 43.0 Å². The van der Waals surface area contributed by atoms with Gasteiger partial charge in [0.15, 0.2) is 5.78 Å². The van der Waals surface area contributed by atoms with Crippen LogP contribution in [0.25, 0.3) is 0 Å². The molecule has 1 aliphatic carbocycles. The van der Waals surface area contributed by atoms with Crippen molar-refractivity contribution in [3.63, 3.8) is 0 Å². The first kappa shape index (κ1) is 21.4. The minimum atomic E-state index is -1.51. The standard InChI is InChI=1S/C22H20ClF2N4O2/c1-12-6-18(19(25)20(12)30)28-22-15(8-26-11-27-22)21(31)14-4-5-29(10-14)9-13-2-3-17(24)16(23)7-13/h2-5,7-8,10-12,18-20,30H,1,6,9H2,(H,26,27,28)/t12-,18-,19-,20-/m1/s1. The zero-order valence-corrected chi connectivity index (χ0v) is 17.1. The number of carbonyl (C=O) groups is 1. The number of carbonyl (C=O) groups excluding carboxylic acids is 1. The van der Waals surface area contributed by atoms with Gasteiger partial charge in [0.1, 0.15) is 24.1 Å². The summed E-state index contributed by atoms with van der Waals surface area (Å²) in [7, 11) is 0. The summed E-state index contributed by atoms with van der Waals surface area (Å²) in [5, 5.41) is 12.8. The molecule has 9 heteroatoms. The van der Waals surface area contributed by atoms with Crippen molar-refractivity contribution < 1.29 is 18.7 Å². The van der Waals surface area contributed by atoms with Crippen LogP contribution in [0, 0.1) is 18.7 Å². The second-order valence-electron chi connectivity index (χ2n) is 7.62. The van der Waals surface area contributed by atoms with E-state index in [1.165, 1.54) is 24.7 Å². The van der Waals surface area contributed by atoms with Gasteiger partial charge in [0.25, 0.3) is 0 Å². The second kappa shape index (κ2) is 8.72. The van der Waals surface area contributed by atoms with Crippen molar-refractivity contribution in [2.45, 2.75) is 31.3 Å². The number of nitrogens with one attached hydrogen (secondary N) is 1. The lowest BCUT2D eigenvalue weighted by atomic mass is 10.1. The molecule has 4 atom stereocenters. The number of nitrogens with zero attached hydrogens (tertiary/aromatic N) is 3. The summed E-state index contributed by atoms with van der Waals surface area (Å²) in [4.78, 5) is 21.1. The molecule has 1 saturated carbocycles. The molecule has 0 spiro atoms. The number of rotatable bonds is 6. The Balaban J connectivity index is 1.52. The maximum atomic E-state index is 14.3. The molecule has 2 heterocycles. The first-order valence-corrected chi connectivity index (χ1v) is 10.1. The van der Waals surface area contributed by atoms with Crippen molar-refractivity contribution in [3.05, 3.63) is 83.6 Å². The predicted molar refractivity (Wildman–Crippen MR) is 112 cm³/mol. The average molecular weight is 446 g/mol. The van der Waals surface area contributed by atoms with E-state index in [9.17, 15) is 18.7 Å². The number of ketones is 1. The number of alkyl halides is 1. The second-order valence-corrected chi connectivity index (χ2v) is 8.02. The third kappa shape index (κ3) is 4.45. The zero-order valence-electron chi connectivity index (χ0n) is 16.4. The predicted octanol–water partition coefficient (Wildman–Crippen LogP) is 3.68. The lowest BCUT2D eigenvalue weighted by molar-refractivity contribution is 0.0793.